The highest BCUT2D eigenvalue weighted by molar-refractivity contribution is 9.09. The number of rotatable bonds is 5. The van der Waals surface area contributed by atoms with Crippen LogP contribution in [0.1, 0.15) is 15.9 Å². The van der Waals surface area contributed by atoms with Gasteiger partial charge >= 0.3 is 0 Å². The molecule has 2 nitrogen and oxygen atoms in total. The summed E-state index contributed by atoms with van der Waals surface area (Å²) in [5.41, 5.74) is 1.17. The highest BCUT2D eigenvalue weighted by Crippen LogP contribution is 2.18. The predicted octanol–water partition coefficient (Wildman–Crippen LogP) is 3.75. The number of benzene rings is 1. The second-order valence-electron chi connectivity index (χ2n) is 3.80. The number of hydrogen-bond acceptors (Lipinski definition) is 1. The van der Waals surface area contributed by atoms with Gasteiger partial charge in [-0.25, -0.2) is 8.78 Å². The number of carbonyl (C=O) groups excluding carboxylic acids is 1. The van der Waals surface area contributed by atoms with Gasteiger partial charge in [0, 0.05) is 22.5 Å². The zero-order valence-corrected chi connectivity index (χ0v) is 12.1. The summed E-state index contributed by atoms with van der Waals surface area (Å²) < 4.78 is 24.8. The fourth-order valence-electron chi connectivity index (χ4n) is 1.45. The molecule has 1 aromatic carbocycles. The Morgan fingerprint density at radius 1 is 1.50 bits per heavy atom. The summed E-state index contributed by atoms with van der Waals surface area (Å²) in [5, 5.41) is 0.905. The van der Waals surface area contributed by atoms with E-state index in [0.29, 0.717) is 15.9 Å². The van der Waals surface area contributed by atoms with Crippen molar-refractivity contribution in [3.63, 3.8) is 0 Å². The Kier molecular flexibility index (Phi) is 6.02. The zero-order chi connectivity index (χ0) is 13.7. The van der Waals surface area contributed by atoms with E-state index >= 15 is 0 Å². The monoisotopic (exact) mass is 339 g/mol. The van der Waals surface area contributed by atoms with Crippen molar-refractivity contribution in [3.8, 4) is 0 Å². The van der Waals surface area contributed by atoms with E-state index in [1.54, 1.807) is 12.1 Å². The second-order valence-corrected chi connectivity index (χ2v) is 5.00. The van der Waals surface area contributed by atoms with Crippen LogP contribution in [0.5, 0.6) is 0 Å². The van der Waals surface area contributed by atoms with Gasteiger partial charge in [0.15, 0.2) is 0 Å². The average molecular weight is 341 g/mol. The number of hydrogen-bond donors (Lipinski definition) is 0. The fraction of sp³-hybridized carbons (Fsp3) is 0.417. The van der Waals surface area contributed by atoms with Crippen molar-refractivity contribution in [3.05, 3.63) is 34.3 Å². The second kappa shape index (κ2) is 7.04. The van der Waals surface area contributed by atoms with Crippen LogP contribution in [0.4, 0.5) is 8.78 Å². The molecule has 0 saturated carbocycles. The van der Waals surface area contributed by atoms with Gasteiger partial charge in [-0.15, -0.1) is 0 Å². The average Bonchev–Trinajstić information content (AvgIpc) is 2.31. The van der Waals surface area contributed by atoms with E-state index in [4.69, 9.17) is 11.6 Å². The zero-order valence-electron chi connectivity index (χ0n) is 9.80. The molecule has 0 spiro atoms. The van der Waals surface area contributed by atoms with Crippen molar-refractivity contribution in [1.82, 2.24) is 4.90 Å². The minimum atomic E-state index is -2.55. The first-order chi connectivity index (χ1) is 8.45. The quantitative estimate of drug-likeness (QED) is 0.748. The molecular weight excluding hydrogens is 327 g/mol. The van der Waals surface area contributed by atoms with Crippen molar-refractivity contribution >= 4 is 33.4 Å². The molecule has 0 aliphatic heterocycles. The molecule has 0 unspecified atom stereocenters. The van der Waals surface area contributed by atoms with Crippen molar-refractivity contribution in [2.45, 2.75) is 13.3 Å². The summed E-state index contributed by atoms with van der Waals surface area (Å²) >= 11 is 9.06. The van der Waals surface area contributed by atoms with Gasteiger partial charge < -0.3 is 4.90 Å². The molecule has 0 atom stereocenters. The Bertz CT molecular complexity index is 429. The number of nitrogens with zero attached hydrogens (tertiary/aromatic N) is 1. The molecule has 0 aliphatic carbocycles. The van der Waals surface area contributed by atoms with Gasteiger partial charge in [0.2, 0.25) is 0 Å². The fourth-order valence-corrected chi connectivity index (χ4v) is 2.06. The van der Waals surface area contributed by atoms with Gasteiger partial charge in [0.05, 0.1) is 6.54 Å². The van der Waals surface area contributed by atoms with Crippen LogP contribution in [0.15, 0.2) is 18.2 Å². The molecule has 0 radical (unpaired) electrons. The Balaban J connectivity index is 2.90. The summed E-state index contributed by atoms with van der Waals surface area (Å²) in [6.45, 7) is 1.47. The van der Waals surface area contributed by atoms with Crippen molar-refractivity contribution in [1.29, 1.82) is 0 Å². The number of amides is 1. The van der Waals surface area contributed by atoms with Gasteiger partial charge in [0.25, 0.3) is 12.3 Å². The van der Waals surface area contributed by atoms with E-state index in [2.05, 4.69) is 15.9 Å². The van der Waals surface area contributed by atoms with Gasteiger partial charge in [-0.05, 0) is 24.6 Å². The maximum Gasteiger partial charge on any atom is 0.255 e. The van der Waals surface area contributed by atoms with Gasteiger partial charge in [0.1, 0.15) is 0 Å². The lowest BCUT2D eigenvalue weighted by Gasteiger charge is -2.21. The maximum absolute atomic E-state index is 12.4. The Morgan fingerprint density at radius 2 is 2.17 bits per heavy atom. The topological polar surface area (TPSA) is 20.3 Å². The summed E-state index contributed by atoms with van der Waals surface area (Å²) in [7, 11) is 0. The van der Waals surface area contributed by atoms with Crippen molar-refractivity contribution in [2.75, 3.05) is 18.4 Å². The smallest absolute Gasteiger partial charge is 0.255 e. The number of alkyl halides is 3. The Hall–Kier alpha value is -0.680. The third-order valence-electron chi connectivity index (χ3n) is 2.42. The van der Waals surface area contributed by atoms with Gasteiger partial charge in [-0.1, -0.05) is 33.6 Å². The number of carbonyl (C=O) groups is 1. The molecule has 6 heteroatoms. The SMILES string of the molecule is Cc1ccc(C(=O)N(CCBr)CC(F)F)cc1Cl. The van der Waals surface area contributed by atoms with Crippen LogP contribution in [0, 0.1) is 6.92 Å². The third-order valence-corrected chi connectivity index (χ3v) is 3.18. The van der Waals surface area contributed by atoms with E-state index < -0.39 is 18.9 Å². The third kappa shape index (κ3) is 4.21. The van der Waals surface area contributed by atoms with Crippen LogP contribution in [-0.4, -0.2) is 35.7 Å². The van der Waals surface area contributed by atoms with Crippen LogP contribution >= 0.6 is 27.5 Å². The maximum atomic E-state index is 12.4. The first-order valence-electron chi connectivity index (χ1n) is 5.35. The van der Waals surface area contributed by atoms with Crippen LogP contribution in [0.3, 0.4) is 0 Å². The Morgan fingerprint density at radius 3 is 2.67 bits per heavy atom. The van der Waals surface area contributed by atoms with Crippen LogP contribution in [0.25, 0.3) is 0 Å². The number of halogens is 4. The molecule has 1 amide bonds. The van der Waals surface area contributed by atoms with Crippen molar-refractivity contribution in [2.24, 2.45) is 0 Å². The predicted molar refractivity (Wildman–Crippen MR) is 71.9 cm³/mol. The lowest BCUT2D eigenvalue weighted by atomic mass is 10.1. The lowest BCUT2D eigenvalue weighted by Crippen LogP contribution is -2.36. The summed E-state index contributed by atoms with van der Waals surface area (Å²) in [5.74, 6) is -0.434. The highest BCUT2D eigenvalue weighted by atomic mass is 79.9. The molecular formula is C12H13BrClF2NO. The summed E-state index contributed by atoms with van der Waals surface area (Å²) in [6.07, 6.45) is -2.55. The minimum absolute atomic E-state index is 0.231. The van der Waals surface area contributed by atoms with Gasteiger partial charge in [-0.2, -0.15) is 0 Å². The van der Waals surface area contributed by atoms with E-state index in [1.165, 1.54) is 6.07 Å². The largest absolute Gasteiger partial charge is 0.332 e. The Labute approximate surface area is 118 Å². The molecule has 0 aliphatic rings. The van der Waals surface area contributed by atoms with Gasteiger partial charge in [-0.3, -0.25) is 4.79 Å². The molecule has 0 heterocycles. The standard InChI is InChI=1S/C12H13BrClF2NO/c1-8-2-3-9(6-10(8)14)12(18)17(5-4-13)7-11(15)16/h2-3,6,11H,4-5,7H2,1H3. The molecule has 0 aromatic heterocycles. The van der Waals surface area contributed by atoms with Crippen LogP contribution in [0.2, 0.25) is 5.02 Å². The molecule has 1 aromatic rings. The van der Waals surface area contributed by atoms with E-state index in [9.17, 15) is 13.6 Å². The minimum Gasteiger partial charge on any atom is -0.332 e. The van der Waals surface area contributed by atoms with E-state index in [1.807, 2.05) is 6.92 Å². The highest BCUT2D eigenvalue weighted by Gasteiger charge is 2.19. The molecule has 1 rings (SSSR count). The lowest BCUT2D eigenvalue weighted by molar-refractivity contribution is 0.0572. The molecule has 0 fully saturated rings. The summed E-state index contributed by atoms with van der Waals surface area (Å²) in [4.78, 5) is 13.2. The molecule has 0 saturated heterocycles. The molecule has 18 heavy (non-hydrogen) atoms. The molecule has 0 bridgehead atoms. The van der Waals surface area contributed by atoms with Crippen LogP contribution < -0.4 is 0 Å². The van der Waals surface area contributed by atoms with E-state index in [-0.39, 0.29) is 6.54 Å². The van der Waals surface area contributed by atoms with E-state index in [0.717, 1.165) is 10.5 Å². The first-order valence-corrected chi connectivity index (χ1v) is 6.85. The van der Waals surface area contributed by atoms with Crippen LogP contribution in [-0.2, 0) is 0 Å². The first kappa shape index (κ1) is 15.4. The number of aryl methyl sites for hydroxylation is 1. The van der Waals surface area contributed by atoms with Crippen molar-refractivity contribution < 1.29 is 13.6 Å². The molecule has 100 valence electrons. The molecule has 0 N–H and O–H groups in total. The normalized spacial score (nSPS) is 10.8. The summed E-state index contributed by atoms with van der Waals surface area (Å²) in [6, 6.07) is 4.80.